The van der Waals surface area contributed by atoms with Crippen molar-refractivity contribution in [3.63, 3.8) is 0 Å². The molecule has 1 heterocycles. The van der Waals surface area contributed by atoms with Crippen LogP contribution in [0.1, 0.15) is 36.4 Å². The average Bonchev–Trinajstić information content (AvgIpc) is 3.17. The number of carboxylic acid groups (broad SMARTS) is 1. The lowest BCUT2D eigenvalue weighted by Gasteiger charge is -2.21. The maximum absolute atomic E-state index is 12.6. The number of nitro groups is 1. The molecule has 1 N–H and O–H groups in total. The fourth-order valence-electron chi connectivity index (χ4n) is 3.13. The van der Waals surface area contributed by atoms with Crippen molar-refractivity contribution in [3.8, 4) is 5.75 Å². The third-order valence-corrected chi connectivity index (χ3v) is 4.61. The van der Waals surface area contributed by atoms with Gasteiger partial charge in [0.15, 0.2) is 0 Å². The van der Waals surface area contributed by atoms with Gasteiger partial charge in [0.1, 0.15) is 5.75 Å². The van der Waals surface area contributed by atoms with Crippen molar-refractivity contribution in [1.82, 2.24) is 5.01 Å². The first kappa shape index (κ1) is 20.0. The smallest absolute Gasteiger partial charge is 0.303 e. The molecule has 0 saturated carbocycles. The number of benzene rings is 2. The van der Waals surface area contributed by atoms with Crippen LogP contribution < -0.4 is 4.74 Å². The highest BCUT2D eigenvalue weighted by Gasteiger charge is 2.33. The van der Waals surface area contributed by atoms with E-state index < -0.39 is 22.8 Å². The van der Waals surface area contributed by atoms with E-state index >= 15 is 0 Å². The van der Waals surface area contributed by atoms with Crippen LogP contribution in [-0.2, 0) is 9.59 Å². The number of ether oxygens (including phenoxy) is 1. The Bertz CT molecular complexity index is 970. The van der Waals surface area contributed by atoms with Gasteiger partial charge in [0.05, 0.1) is 30.2 Å². The number of carbonyl (C=O) groups excluding carboxylic acids is 1. The molecule has 0 radical (unpaired) electrons. The summed E-state index contributed by atoms with van der Waals surface area (Å²) < 4.78 is 5.15. The first-order valence-corrected chi connectivity index (χ1v) is 8.89. The maximum Gasteiger partial charge on any atom is 0.303 e. The molecule has 150 valence electrons. The Morgan fingerprint density at radius 3 is 2.59 bits per heavy atom. The minimum atomic E-state index is -1.08. The molecule has 1 amide bonds. The normalized spacial score (nSPS) is 15.7. The molecule has 0 bridgehead atoms. The van der Waals surface area contributed by atoms with E-state index in [-0.39, 0.29) is 18.5 Å². The predicted octanol–water partition coefficient (Wildman–Crippen LogP) is 3.15. The molecule has 0 spiro atoms. The van der Waals surface area contributed by atoms with Crippen LogP contribution in [0.15, 0.2) is 53.6 Å². The molecular formula is C20H19N3O6. The number of amides is 1. The monoisotopic (exact) mass is 397 g/mol. The van der Waals surface area contributed by atoms with E-state index in [1.54, 1.807) is 31.4 Å². The molecule has 0 aliphatic carbocycles. The van der Waals surface area contributed by atoms with Crippen LogP contribution in [0, 0.1) is 10.1 Å². The minimum Gasteiger partial charge on any atom is -0.497 e. The van der Waals surface area contributed by atoms with Gasteiger partial charge >= 0.3 is 5.97 Å². The highest BCUT2D eigenvalue weighted by Crippen LogP contribution is 2.35. The number of non-ortho nitro benzene ring substituents is 1. The number of hydrogen-bond donors (Lipinski definition) is 1. The Kier molecular flexibility index (Phi) is 5.87. The topological polar surface area (TPSA) is 122 Å². The van der Waals surface area contributed by atoms with E-state index in [4.69, 9.17) is 9.84 Å². The van der Waals surface area contributed by atoms with Crippen LogP contribution >= 0.6 is 0 Å². The molecule has 2 aromatic carbocycles. The third kappa shape index (κ3) is 4.57. The van der Waals surface area contributed by atoms with Crippen molar-refractivity contribution in [1.29, 1.82) is 0 Å². The van der Waals surface area contributed by atoms with Crippen molar-refractivity contribution < 1.29 is 24.4 Å². The Labute approximate surface area is 166 Å². The van der Waals surface area contributed by atoms with Gasteiger partial charge in [0.25, 0.3) is 5.69 Å². The number of aliphatic carboxylic acids is 1. The van der Waals surface area contributed by atoms with Crippen LogP contribution in [0.4, 0.5) is 5.69 Å². The van der Waals surface area contributed by atoms with Crippen molar-refractivity contribution in [2.24, 2.45) is 5.10 Å². The first-order valence-electron chi connectivity index (χ1n) is 8.89. The van der Waals surface area contributed by atoms with E-state index in [1.807, 2.05) is 12.1 Å². The number of hydrazone groups is 1. The van der Waals surface area contributed by atoms with Gasteiger partial charge in [0, 0.05) is 25.0 Å². The summed E-state index contributed by atoms with van der Waals surface area (Å²) >= 11 is 0. The summed E-state index contributed by atoms with van der Waals surface area (Å²) in [6.45, 7) is 0. The Balaban J connectivity index is 1.93. The first-order chi connectivity index (χ1) is 13.9. The fourth-order valence-corrected chi connectivity index (χ4v) is 3.13. The largest absolute Gasteiger partial charge is 0.497 e. The van der Waals surface area contributed by atoms with Gasteiger partial charge in [-0.25, -0.2) is 5.01 Å². The Hall–Kier alpha value is -3.75. The number of nitro benzene ring substituents is 1. The molecule has 9 nitrogen and oxygen atoms in total. The standard InChI is InChI=1S/C20H19N3O6/c1-29-16-7-5-13(6-8-16)17-12-18(14-3-2-4-15(11-14)23(27)28)22(21-17)19(24)9-10-20(25)26/h2-8,11,18H,9-10,12H2,1H3,(H,25,26). The van der Waals surface area contributed by atoms with E-state index in [1.165, 1.54) is 17.1 Å². The van der Waals surface area contributed by atoms with Gasteiger partial charge < -0.3 is 9.84 Å². The average molecular weight is 397 g/mol. The molecule has 29 heavy (non-hydrogen) atoms. The van der Waals surface area contributed by atoms with Crippen molar-refractivity contribution in [3.05, 3.63) is 69.8 Å². The van der Waals surface area contributed by atoms with Gasteiger partial charge in [-0.05, 0) is 35.4 Å². The van der Waals surface area contributed by atoms with E-state index in [0.29, 0.717) is 23.4 Å². The quantitative estimate of drug-likeness (QED) is 0.566. The van der Waals surface area contributed by atoms with Crippen LogP contribution in [0.2, 0.25) is 0 Å². The maximum atomic E-state index is 12.6. The number of methoxy groups -OCH3 is 1. The Morgan fingerprint density at radius 2 is 1.97 bits per heavy atom. The summed E-state index contributed by atoms with van der Waals surface area (Å²) in [4.78, 5) is 34.1. The highest BCUT2D eigenvalue weighted by molar-refractivity contribution is 6.03. The molecule has 3 rings (SSSR count). The molecule has 1 unspecified atom stereocenters. The molecule has 9 heteroatoms. The molecule has 0 saturated heterocycles. The lowest BCUT2D eigenvalue weighted by Crippen LogP contribution is -2.27. The minimum absolute atomic E-state index is 0.0849. The number of carbonyl (C=O) groups is 2. The second-order valence-corrected chi connectivity index (χ2v) is 6.48. The van der Waals surface area contributed by atoms with Crippen LogP contribution in [0.5, 0.6) is 5.75 Å². The zero-order valence-electron chi connectivity index (χ0n) is 15.6. The zero-order chi connectivity index (χ0) is 21.0. The van der Waals surface area contributed by atoms with Gasteiger partial charge in [-0.1, -0.05) is 12.1 Å². The van der Waals surface area contributed by atoms with Crippen LogP contribution in [0.25, 0.3) is 0 Å². The molecule has 1 atom stereocenters. The second kappa shape index (κ2) is 8.51. The lowest BCUT2D eigenvalue weighted by molar-refractivity contribution is -0.385. The molecule has 0 aromatic heterocycles. The van der Waals surface area contributed by atoms with Gasteiger partial charge in [-0.3, -0.25) is 19.7 Å². The van der Waals surface area contributed by atoms with Gasteiger partial charge in [-0.15, -0.1) is 0 Å². The fraction of sp³-hybridized carbons (Fsp3) is 0.250. The zero-order valence-corrected chi connectivity index (χ0v) is 15.6. The number of carboxylic acids is 1. The molecule has 0 fully saturated rings. The van der Waals surface area contributed by atoms with Gasteiger partial charge in [0.2, 0.25) is 5.91 Å². The molecule has 2 aromatic rings. The second-order valence-electron chi connectivity index (χ2n) is 6.48. The SMILES string of the molecule is COc1ccc(C2=NN(C(=O)CCC(=O)O)C(c3cccc([N+](=O)[O-])c3)C2)cc1. The highest BCUT2D eigenvalue weighted by atomic mass is 16.6. The summed E-state index contributed by atoms with van der Waals surface area (Å²) in [5.41, 5.74) is 1.90. The van der Waals surface area contributed by atoms with Crippen molar-refractivity contribution >= 4 is 23.3 Å². The Morgan fingerprint density at radius 1 is 1.24 bits per heavy atom. The third-order valence-electron chi connectivity index (χ3n) is 4.61. The van der Waals surface area contributed by atoms with E-state index in [0.717, 1.165) is 5.56 Å². The van der Waals surface area contributed by atoms with E-state index in [9.17, 15) is 19.7 Å². The van der Waals surface area contributed by atoms with Crippen molar-refractivity contribution in [2.45, 2.75) is 25.3 Å². The lowest BCUT2D eigenvalue weighted by atomic mass is 9.98. The summed E-state index contributed by atoms with van der Waals surface area (Å²) in [5, 5.41) is 25.7. The molecule has 1 aliphatic rings. The summed E-state index contributed by atoms with van der Waals surface area (Å²) in [6.07, 6.45) is -0.170. The molecule has 1 aliphatic heterocycles. The van der Waals surface area contributed by atoms with E-state index in [2.05, 4.69) is 5.10 Å². The number of rotatable bonds is 7. The van der Waals surface area contributed by atoms with Gasteiger partial charge in [-0.2, -0.15) is 5.10 Å². The predicted molar refractivity (Wildman–Crippen MR) is 104 cm³/mol. The van der Waals surface area contributed by atoms with Crippen LogP contribution in [-0.4, -0.2) is 39.7 Å². The summed E-state index contributed by atoms with van der Waals surface area (Å²) in [7, 11) is 1.56. The summed E-state index contributed by atoms with van der Waals surface area (Å²) in [6, 6.07) is 12.7. The van der Waals surface area contributed by atoms with Crippen molar-refractivity contribution in [2.75, 3.05) is 7.11 Å². The number of nitrogens with zero attached hydrogens (tertiary/aromatic N) is 3. The summed E-state index contributed by atoms with van der Waals surface area (Å²) in [5.74, 6) is -0.854. The molecular weight excluding hydrogens is 378 g/mol. The number of hydrogen-bond acceptors (Lipinski definition) is 6. The van der Waals surface area contributed by atoms with Crippen LogP contribution in [0.3, 0.4) is 0 Å².